The number of hydrogen-bond acceptors (Lipinski definition) is 1. The van der Waals surface area contributed by atoms with Crippen LogP contribution in [0.5, 0.6) is 0 Å². The Morgan fingerprint density at radius 3 is 2.23 bits per heavy atom. The van der Waals surface area contributed by atoms with E-state index in [2.05, 4.69) is 19.2 Å². The molecule has 0 saturated heterocycles. The molecule has 3 heteroatoms. The minimum absolute atomic E-state index is 0.0349. The van der Waals surface area contributed by atoms with Gasteiger partial charge >= 0.3 is 0 Å². The van der Waals surface area contributed by atoms with Gasteiger partial charge in [-0.15, -0.1) is 11.6 Å². The maximum atomic E-state index is 11.3. The number of carbonyl (C=O) groups is 1. The van der Waals surface area contributed by atoms with Gasteiger partial charge in [0.25, 0.3) is 0 Å². The maximum Gasteiger partial charge on any atom is 0.238 e. The Bertz CT molecular complexity index is 183. The predicted molar refractivity (Wildman–Crippen MR) is 54.8 cm³/mol. The lowest BCUT2D eigenvalue weighted by Gasteiger charge is -2.22. The topological polar surface area (TPSA) is 29.1 Å². The zero-order valence-corrected chi connectivity index (χ0v) is 9.27. The van der Waals surface area contributed by atoms with Gasteiger partial charge in [0.2, 0.25) is 5.91 Å². The van der Waals surface area contributed by atoms with E-state index in [1.54, 1.807) is 6.92 Å². The third-order valence-corrected chi connectivity index (χ3v) is 3.17. The van der Waals surface area contributed by atoms with Crippen LogP contribution in [-0.2, 0) is 4.79 Å². The first-order valence-electron chi connectivity index (χ1n) is 4.96. The molecule has 0 aromatic heterocycles. The third-order valence-electron chi connectivity index (χ3n) is 2.97. The van der Waals surface area contributed by atoms with Crippen LogP contribution in [0.15, 0.2) is 0 Å². The van der Waals surface area contributed by atoms with E-state index >= 15 is 0 Å². The van der Waals surface area contributed by atoms with Gasteiger partial charge in [-0.1, -0.05) is 13.8 Å². The standard InChI is InChI=1S/C10H18ClNO/c1-6-4-5-7(2)9(6)12-10(13)8(3)11/h6-9H,4-5H2,1-3H3,(H,12,13). The number of nitrogens with one attached hydrogen (secondary N) is 1. The van der Waals surface area contributed by atoms with Gasteiger partial charge in [0.1, 0.15) is 5.38 Å². The first kappa shape index (κ1) is 10.8. The summed E-state index contributed by atoms with van der Waals surface area (Å²) in [7, 11) is 0. The molecule has 1 saturated carbocycles. The number of alkyl halides is 1. The first-order chi connectivity index (χ1) is 6.02. The van der Waals surface area contributed by atoms with Crippen LogP contribution in [0.3, 0.4) is 0 Å². The van der Waals surface area contributed by atoms with Gasteiger partial charge in [0.15, 0.2) is 0 Å². The van der Waals surface area contributed by atoms with Crippen molar-refractivity contribution in [2.45, 2.75) is 45.0 Å². The summed E-state index contributed by atoms with van der Waals surface area (Å²) in [6, 6.07) is 0.327. The molecule has 1 aliphatic rings. The third kappa shape index (κ3) is 2.60. The second-order valence-corrected chi connectivity index (χ2v) is 4.84. The number of rotatable bonds is 2. The van der Waals surface area contributed by atoms with Crippen molar-refractivity contribution in [3.8, 4) is 0 Å². The fourth-order valence-corrected chi connectivity index (χ4v) is 2.07. The highest BCUT2D eigenvalue weighted by Gasteiger charge is 2.31. The molecule has 3 unspecified atom stereocenters. The minimum atomic E-state index is -0.417. The number of hydrogen-bond donors (Lipinski definition) is 1. The Morgan fingerprint density at radius 2 is 1.85 bits per heavy atom. The average molecular weight is 204 g/mol. The van der Waals surface area contributed by atoms with Crippen molar-refractivity contribution in [1.82, 2.24) is 5.32 Å². The Balaban J connectivity index is 2.47. The van der Waals surface area contributed by atoms with E-state index in [9.17, 15) is 4.79 Å². The van der Waals surface area contributed by atoms with Crippen LogP contribution in [0.4, 0.5) is 0 Å². The van der Waals surface area contributed by atoms with Crippen LogP contribution in [0.1, 0.15) is 33.6 Å². The zero-order valence-electron chi connectivity index (χ0n) is 8.51. The summed E-state index contributed by atoms with van der Waals surface area (Å²) in [5, 5.41) is 2.59. The van der Waals surface area contributed by atoms with E-state index in [0.29, 0.717) is 17.9 Å². The van der Waals surface area contributed by atoms with Crippen molar-refractivity contribution >= 4 is 17.5 Å². The molecule has 0 heterocycles. The maximum absolute atomic E-state index is 11.3. The van der Waals surface area contributed by atoms with Crippen LogP contribution in [0.2, 0.25) is 0 Å². The van der Waals surface area contributed by atoms with Crippen molar-refractivity contribution in [3.63, 3.8) is 0 Å². The van der Waals surface area contributed by atoms with Crippen LogP contribution >= 0.6 is 11.6 Å². The molecule has 1 aliphatic carbocycles. The van der Waals surface area contributed by atoms with Crippen molar-refractivity contribution in [2.75, 3.05) is 0 Å². The Labute approximate surface area is 85.0 Å². The molecule has 1 rings (SSSR count). The van der Waals surface area contributed by atoms with E-state index in [1.165, 1.54) is 12.8 Å². The first-order valence-corrected chi connectivity index (χ1v) is 5.40. The molecular weight excluding hydrogens is 186 g/mol. The molecule has 0 radical (unpaired) electrons. The summed E-state index contributed by atoms with van der Waals surface area (Å²) in [6.45, 7) is 6.09. The van der Waals surface area contributed by atoms with E-state index in [0.717, 1.165) is 0 Å². The highest BCUT2D eigenvalue weighted by atomic mass is 35.5. The van der Waals surface area contributed by atoms with E-state index < -0.39 is 5.38 Å². The molecular formula is C10H18ClNO. The molecule has 0 spiro atoms. The van der Waals surface area contributed by atoms with Crippen molar-refractivity contribution < 1.29 is 4.79 Å². The van der Waals surface area contributed by atoms with Crippen LogP contribution in [-0.4, -0.2) is 17.3 Å². The predicted octanol–water partition coefficient (Wildman–Crippen LogP) is 2.16. The smallest absolute Gasteiger partial charge is 0.238 e. The highest BCUT2D eigenvalue weighted by molar-refractivity contribution is 6.30. The monoisotopic (exact) mass is 203 g/mol. The average Bonchev–Trinajstić information content (AvgIpc) is 2.35. The van der Waals surface area contributed by atoms with Crippen LogP contribution in [0.25, 0.3) is 0 Å². The van der Waals surface area contributed by atoms with E-state index in [4.69, 9.17) is 11.6 Å². The lowest BCUT2D eigenvalue weighted by atomic mass is 10.0. The molecule has 1 amide bonds. The number of halogens is 1. The van der Waals surface area contributed by atoms with Crippen LogP contribution < -0.4 is 5.32 Å². The second kappa shape index (κ2) is 4.32. The summed E-state index contributed by atoms with van der Waals surface area (Å²) in [5.41, 5.74) is 0. The summed E-state index contributed by atoms with van der Waals surface area (Å²) >= 11 is 5.69. The molecule has 0 bridgehead atoms. The normalized spacial score (nSPS) is 35.8. The molecule has 0 aliphatic heterocycles. The van der Waals surface area contributed by atoms with Gasteiger partial charge in [0.05, 0.1) is 0 Å². The molecule has 2 nitrogen and oxygen atoms in total. The largest absolute Gasteiger partial charge is 0.352 e. The summed E-state index contributed by atoms with van der Waals surface area (Å²) in [6.07, 6.45) is 2.42. The Morgan fingerprint density at radius 1 is 1.38 bits per heavy atom. The van der Waals surface area contributed by atoms with Crippen molar-refractivity contribution in [2.24, 2.45) is 11.8 Å². The number of carbonyl (C=O) groups excluding carboxylic acids is 1. The van der Waals surface area contributed by atoms with Gasteiger partial charge in [-0.3, -0.25) is 4.79 Å². The molecule has 13 heavy (non-hydrogen) atoms. The van der Waals surface area contributed by atoms with Gasteiger partial charge in [-0.25, -0.2) is 0 Å². The molecule has 3 atom stereocenters. The van der Waals surface area contributed by atoms with Crippen LogP contribution in [0, 0.1) is 11.8 Å². The minimum Gasteiger partial charge on any atom is -0.352 e. The van der Waals surface area contributed by atoms with Crippen molar-refractivity contribution in [1.29, 1.82) is 0 Å². The van der Waals surface area contributed by atoms with Gasteiger partial charge in [0, 0.05) is 6.04 Å². The highest BCUT2D eigenvalue weighted by Crippen LogP contribution is 2.30. The second-order valence-electron chi connectivity index (χ2n) is 4.18. The van der Waals surface area contributed by atoms with Gasteiger partial charge in [-0.2, -0.15) is 0 Å². The SMILES string of the molecule is CC(Cl)C(=O)NC1C(C)CCC1C. The summed E-state index contributed by atoms with van der Waals surface area (Å²) in [5.74, 6) is 1.15. The summed E-state index contributed by atoms with van der Waals surface area (Å²) in [4.78, 5) is 11.3. The lowest BCUT2D eigenvalue weighted by molar-refractivity contribution is -0.121. The quantitative estimate of drug-likeness (QED) is 0.685. The fourth-order valence-electron chi connectivity index (χ4n) is 2.01. The lowest BCUT2D eigenvalue weighted by Crippen LogP contribution is -2.42. The Kier molecular flexibility index (Phi) is 3.60. The molecule has 0 aromatic rings. The Hall–Kier alpha value is -0.240. The zero-order chi connectivity index (χ0) is 10.0. The van der Waals surface area contributed by atoms with Gasteiger partial charge < -0.3 is 5.32 Å². The van der Waals surface area contributed by atoms with E-state index in [1.807, 2.05) is 0 Å². The van der Waals surface area contributed by atoms with E-state index in [-0.39, 0.29) is 5.91 Å². The molecule has 1 N–H and O–H groups in total. The molecule has 0 aromatic carbocycles. The number of amides is 1. The fraction of sp³-hybridized carbons (Fsp3) is 0.900. The summed E-state index contributed by atoms with van der Waals surface area (Å²) < 4.78 is 0. The molecule has 1 fully saturated rings. The van der Waals surface area contributed by atoms with Gasteiger partial charge in [-0.05, 0) is 31.6 Å². The molecule has 76 valence electrons. The van der Waals surface area contributed by atoms with Crippen molar-refractivity contribution in [3.05, 3.63) is 0 Å².